The van der Waals surface area contributed by atoms with Gasteiger partial charge in [-0.25, -0.2) is 0 Å². The van der Waals surface area contributed by atoms with Gasteiger partial charge in [-0.2, -0.15) is 0 Å². The van der Waals surface area contributed by atoms with Crippen LogP contribution in [0.5, 0.6) is 0 Å². The first-order chi connectivity index (χ1) is 10.9. The largest absolute Gasteiger partial charge is 0.330 e. The number of hydrogen-bond acceptors (Lipinski definition) is 3. The minimum absolute atomic E-state index is 0.00868. The predicted molar refractivity (Wildman–Crippen MR) is 106 cm³/mol. The highest BCUT2D eigenvalue weighted by atomic mass is 16.1. The topological polar surface area (TPSA) is 55.1 Å². The fourth-order valence-corrected chi connectivity index (χ4v) is 3.66. The summed E-state index contributed by atoms with van der Waals surface area (Å²) in [4.78, 5) is 12.7. The van der Waals surface area contributed by atoms with E-state index in [2.05, 4.69) is 60.7 Å². The number of Topliss-reactive ketones (excluding diaryl/α,β-unsaturated/α-hetero) is 1. The first-order valence-electron chi connectivity index (χ1n) is 9.87. The molecule has 3 heteroatoms. The van der Waals surface area contributed by atoms with Crippen LogP contribution in [0.25, 0.3) is 0 Å². The quantitative estimate of drug-likeness (QED) is 0.537. The van der Waals surface area contributed by atoms with Gasteiger partial charge in [0.2, 0.25) is 0 Å². The van der Waals surface area contributed by atoms with Crippen molar-refractivity contribution in [3.63, 3.8) is 0 Å². The van der Waals surface area contributed by atoms with E-state index >= 15 is 0 Å². The molecule has 0 spiro atoms. The molecule has 0 amide bonds. The lowest BCUT2D eigenvalue weighted by Gasteiger charge is -2.39. The molecule has 0 heterocycles. The molecular weight excluding hydrogens is 296 g/mol. The summed E-state index contributed by atoms with van der Waals surface area (Å²) < 4.78 is 0. The summed E-state index contributed by atoms with van der Waals surface area (Å²) in [5.74, 6) is 1.10. The van der Waals surface area contributed by atoms with E-state index < -0.39 is 0 Å². The monoisotopic (exact) mass is 340 g/mol. The van der Waals surface area contributed by atoms with E-state index in [1.807, 2.05) is 6.92 Å². The van der Waals surface area contributed by atoms with Gasteiger partial charge in [0.15, 0.2) is 0 Å². The van der Waals surface area contributed by atoms with E-state index in [1.165, 1.54) is 0 Å². The minimum atomic E-state index is -0.310. The van der Waals surface area contributed by atoms with Crippen molar-refractivity contribution in [2.75, 3.05) is 13.1 Å². The zero-order valence-electron chi connectivity index (χ0n) is 17.9. The molecule has 0 saturated heterocycles. The Labute approximate surface area is 151 Å². The van der Waals surface area contributed by atoms with Crippen molar-refractivity contribution in [3.8, 4) is 0 Å². The highest BCUT2D eigenvalue weighted by molar-refractivity contribution is 5.86. The van der Waals surface area contributed by atoms with Crippen molar-refractivity contribution in [2.45, 2.75) is 93.5 Å². The van der Waals surface area contributed by atoms with Crippen molar-refractivity contribution < 1.29 is 4.79 Å². The standard InChI is InChI=1S/C21H44N2O/c1-10-17(5)18(24)19(6,7)14-20(8,15-22)12-13-23-21(9,11-2)16(3)4/h16-17,23H,10-15,22H2,1-9H3. The van der Waals surface area contributed by atoms with E-state index in [4.69, 9.17) is 5.73 Å². The van der Waals surface area contributed by atoms with Crippen molar-refractivity contribution in [1.29, 1.82) is 0 Å². The molecule has 0 aliphatic rings. The molecule has 0 bridgehead atoms. The van der Waals surface area contributed by atoms with Crippen LogP contribution in [0.2, 0.25) is 0 Å². The first kappa shape index (κ1) is 23.6. The maximum Gasteiger partial charge on any atom is 0.141 e. The normalized spacial score (nSPS) is 19.0. The first-order valence-corrected chi connectivity index (χ1v) is 9.87. The van der Waals surface area contributed by atoms with Gasteiger partial charge < -0.3 is 11.1 Å². The molecule has 0 saturated carbocycles. The summed E-state index contributed by atoms with van der Waals surface area (Å²) in [6.07, 6.45) is 3.88. The number of nitrogens with one attached hydrogen (secondary N) is 1. The summed E-state index contributed by atoms with van der Waals surface area (Å²) in [6.45, 7) is 21.2. The third kappa shape index (κ3) is 6.48. The Bertz CT molecular complexity index is 391. The van der Waals surface area contributed by atoms with E-state index in [-0.39, 0.29) is 22.3 Å². The summed E-state index contributed by atoms with van der Waals surface area (Å²) in [7, 11) is 0. The fourth-order valence-electron chi connectivity index (χ4n) is 3.66. The van der Waals surface area contributed by atoms with Gasteiger partial charge in [0.25, 0.3) is 0 Å². The van der Waals surface area contributed by atoms with Crippen LogP contribution in [0, 0.1) is 22.7 Å². The van der Waals surface area contributed by atoms with Crippen LogP contribution in [0.1, 0.15) is 88.0 Å². The molecule has 3 N–H and O–H groups in total. The van der Waals surface area contributed by atoms with Gasteiger partial charge in [-0.3, -0.25) is 4.79 Å². The van der Waals surface area contributed by atoms with E-state index in [1.54, 1.807) is 0 Å². The number of rotatable bonds is 12. The second kappa shape index (κ2) is 9.33. The van der Waals surface area contributed by atoms with Crippen LogP contribution in [0.4, 0.5) is 0 Å². The van der Waals surface area contributed by atoms with Crippen LogP contribution in [0.3, 0.4) is 0 Å². The molecule has 0 fully saturated rings. The molecule has 0 radical (unpaired) electrons. The van der Waals surface area contributed by atoms with E-state index in [0.717, 1.165) is 32.2 Å². The SMILES string of the molecule is CCC(C)C(=O)C(C)(C)CC(C)(CN)CCNC(C)(CC)C(C)C. The molecule has 144 valence electrons. The number of hydrogen-bond donors (Lipinski definition) is 2. The molecule has 0 aromatic heterocycles. The van der Waals surface area contributed by atoms with Gasteiger partial charge in [-0.1, -0.05) is 55.4 Å². The van der Waals surface area contributed by atoms with Crippen LogP contribution >= 0.6 is 0 Å². The van der Waals surface area contributed by atoms with Crippen molar-refractivity contribution in [1.82, 2.24) is 5.32 Å². The summed E-state index contributed by atoms with van der Waals surface area (Å²) >= 11 is 0. The van der Waals surface area contributed by atoms with Gasteiger partial charge in [0.05, 0.1) is 0 Å². The summed E-state index contributed by atoms with van der Waals surface area (Å²) in [6, 6.07) is 0. The third-order valence-corrected chi connectivity index (χ3v) is 6.35. The molecule has 24 heavy (non-hydrogen) atoms. The van der Waals surface area contributed by atoms with Crippen molar-refractivity contribution >= 4 is 5.78 Å². The molecule has 0 aromatic rings. The number of nitrogens with two attached hydrogens (primary N) is 1. The summed E-state index contributed by atoms with van der Waals surface area (Å²) in [5, 5.41) is 3.74. The smallest absolute Gasteiger partial charge is 0.141 e. The molecule has 3 nitrogen and oxygen atoms in total. The maximum absolute atomic E-state index is 12.7. The Hall–Kier alpha value is -0.410. The van der Waals surface area contributed by atoms with Crippen molar-refractivity contribution in [2.24, 2.45) is 28.4 Å². The molecule has 3 atom stereocenters. The van der Waals surface area contributed by atoms with Crippen LogP contribution < -0.4 is 11.1 Å². The van der Waals surface area contributed by atoms with Gasteiger partial charge in [0, 0.05) is 16.9 Å². The Balaban J connectivity index is 4.89. The van der Waals surface area contributed by atoms with Crippen LogP contribution in [-0.2, 0) is 4.79 Å². The molecule has 0 aromatic carbocycles. The van der Waals surface area contributed by atoms with Gasteiger partial charge in [-0.05, 0) is 57.0 Å². The maximum atomic E-state index is 12.7. The number of carbonyl (C=O) groups excluding carboxylic acids is 1. The minimum Gasteiger partial charge on any atom is -0.330 e. The molecule has 0 aliphatic heterocycles. The zero-order chi connectivity index (χ0) is 19.2. The summed E-state index contributed by atoms with van der Waals surface area (Å²) in [5.41, 5.74) is 5.97. The third-order valence-electron chi connectivity index (χ3n) is 6.35. The second-order valence-electron chi connectivity index (χ2n) is 9.35. The highest BCUT2D eigenvalue weighted by Crippen LogP contribution is 2.38. The van der Waals surface area contributed by atoms with Gasteiger partial charge in [0.1, 0.15) is 5.78 Å². The molecule has 3 unspecified atom stereocenters. The predicted octanol–water partition coefficient (Wildman–Crippen LogP) is 4.79. The fraction of sp³-hybridized carbons (Fsp3) is 0.952. The Kier molecular flexibility index (Phi) is 9.17. The van der Waals surface area contributed by atoms with Gasteiger partial charge >= 0.3 is 0 Å². The van der Waals surface area contributed by atoms with Crippen LogP contribution in [0.15, 0.2) is 0 Å². The van der Waals surface area contributed by atoms with Crippen molar-refractivity contribution in [3.05, 3.63) is 0 Å². The lowest BCUT2D eigenvalue weighted by molar-refractivity contribution is -0.132. The Morgan fingerprint density at radius 2 is 1.62 bits per heavy atom. The Morgan fingerprint density at radius 3 is 2.00 bits per heavy atom. The zero-order valence-corrected chi connectivity index (χ0v) is 17.9. The number of carbonyl (C=O) groups is 1. The molecule has 0 rings (SSSR count). The lowest BCUT2D eigenvalue weighted by atomic mass is 9.68. The number of ketones is 1. The average molecular weight is 341 g/mol. The second-order valence-corrected chi connectivity index (χ2v) is 9.35. The molecule has 0 aliphatic carbocycles. The van der Waals surface area contributed by atoms with Crippen LogP contribution in [-0.4, -0.2) is 24.4 Å². The van der Waals surface area contributed by atoms with E-state index in [0.29, 0.717) is 18.2 Å². The lowest BCUT2D eigenvalue weighted by Crippen LogP contribution is -2.48. The van der Waals surface area contributed by atoms with E-state index in [9.17, 15) is 4.79 Å². The highest BCUT2D eigenvalue weighted by Gasteiger charge is 2.38. The Morgan fingerprint density at radius 1 is 1.08 bits per heavy atom. The average Bonchev–Trinajstić information content (AvgIpc) is 2.52. The van der Waals surface area contributed by atoms with Gasteiger partial charge in [-0.15, -0.1) is 0 Å². The molecular formula is C21H44N2O.